The molecule has 0 saturated carbocycles. The fourth-order valence-corrected chi connectivity index (χ4v) is 1.66. The van der Waals surface area contributed by atoms with Crippen molar-refractivity contribution in [1.29, 1.82) is 0 Å². The van der Waals surface area contributed by atoms with E-state index in [9.17, 15) is 10.2 Å². The minimum atomic E-state index is -0.720. The lowest BCUT2D eigenvalue weighted by molar-refractivity contribution is -0.176. The Morgan fingerprint density at radius 1 is 1.44 bits per heavy atom. The third-order valence-corrected chi connectivity index (χ3v) is 2.70. The zero-order chi connectivity index (χ0) is 12.0. The summed E-state index contributed by atoms with van der Waals surface area (Å²) in [5.74, 6) is 0. The number of hydrogen-bond acceptors (Lipinski definition) is 4. The predicted octanol–water partition coefficient (Wildman–Crippen LogP) is 1.44. The molecule has 96 valence electrons. The molecule has 1 unspecified atom stereocenters. The molecule has 1 aliphatic heterocycles. The summed E-state index contributed by atoms with van der Waals surface area (Å²) in [6, 6.07) is 0. The second-order valence-electron chi connectivity index (χ2n) is 5.13. The first-order valence-electron chi connectivity index (χ1n) is 6.11. The number of aliphatic hydroxyl groups excluding tert-OH is 1. The standard InChI is InChI=1S/C12H24O4/c1-12(2,14)7-6-10(13)9-16-11-5-3-4-8-15-11/h10-11,13-14H,3-9H2,1-2H3/t10-,11?/m0/s1. The van der Waals surface area contributed by atoms with Gasteiger partial charge in [-0.15, -0.1) is 0 Å². The lowest BCUT2D eigenvalue weighted by Gasteiger charge is -2.24. The largest absolute Gasteiger partial charge is 0.391 e. The summed E-state index contributed by atoms with van der Waals surface area (Å²) >= 11 is 0. The van der Waals surface area contributed by atoms with E-state index in [-0.39, 0.29) is 6.29 Å². The van der Waals surface area contributed by atoms with Crippen molar-refractivity contribution in [3.05, 3.63) is 0 Å². The first-order valence-corrected chi connectivity index (χ1v) is 6.11. The molecule has 1 heterocycles. The average molecular weight is 232 g/mol. The van der Waals surface area contributed by atoms with Crippen LogP contribution in [0.1, 0.15) is 46.0 Å². The topological polar surface area (TPSA) is 58.9 Å². The van der Waals surface area contributed by atoms with Crippen LogP contribution in [0.15, 0.2) is 0 Å². The van der Waals surface area contributed by atoms with Gasteiger partial charge in [0.15, 0.2) is 6.29 Å². The van der Waals surface area contributed by atoms with Crippen LogP contribution in [0.4, 0.5) is 0 Å². The Morgan fingerprint density at radius 3 is 2.75 bits per heavy atom. The van der Waals surface area contributed by atoms with Gasteiger partial charge in [-0.3, -0.25) is 0 Å². The molecule has 2 atom stereocenters. The van der Waals surface area contributed by atoms with Gasteiger partial charge in [-0.1, -0.05) is 0 Å². The summed E-state index contributed by atoms with van der Waals surface area (Å²) in [5, 5.41) is 19.2. The molecule has 1 saturated heterocycles. The molecule has 2 N–H and O–H groups in total. The van der Waals surface area contributed by atoms with Crippen molar-refractivity contribution in [2.45, 2.75) is 63.9 Å². The van der Waals surface area contributed by atoms with Crippen LogP contribution in [0, 0.1) is 0 Å². The molecule has 0 aliphatic carbocycles. The summed E-state index contributed by atoms with van der Waals surface area (Å²) in [6.07, 6.45) is 3.60. The van der Waals surface area contributed by atoms with E-state index in [1.807, 2.05) is 0 Å². The van der Waals surface area contributed by atoms with E-state index in [0.717, 1.165) is 25.9 Å². The Balaban J connectivity index is 2.07. The first-order chi connectivity index (χ1) is 7.47. The molecule has 0 radical (unpaired) electrons. The molecule has 0 aromatic carbocycles. The summed E-state index contributed by atoms with van der Waals surface area (Å²) in [7, 11) is 0. The Labute approximate surface area is 97.6 Å². The highest BCUT2D eigenvalue weighted by Crippen LogP contribution is 2.16. The first kappa shape index (κ1) is 13.9. The van der Waals surface area contributed by atoms with Crippen molar-refractivity contribution in [1.82, 2.24) is 0 Å². The normalized spacial score (nSPS) is 24.4. The van der Waals surface area contributed by atoms with E-state index in [0.29, 0.717) is 19.4 Å². The molecule has 4 nitrogen and oxygen atoms in total. The zero-order valence-electron chi connectivity index (χ0n) is 10.3. The van der Waals surface area contributed by atoms with Crippen molar-refractivity contribution in [2.24, 2.45) is 0 Å². The Morgan fingerprint density at radius 2 is 2.19 bits per heavy atom. The van der Waals surface area contributed by atoms with Crippen molar-refractivity contribution in [3.8, 4) is 0 Å². The minimum Gasteiger partial charge on any atom is -0.391 e. The van der Waals surface area contributed by atoms with Crippen molar-refractivity contribution in [3.63, 3.8) is 0 Å². The van der Waals surface area contributed by atoms with Crippen LogP contribution in [0.3, 0.4) is 0 Å². The van der Waals surface area contributed by atoms with Gasteiger partial charge in [-0.25, -0.2) is 0 Å². The summed E-state index contributed by atoms with van der Waals surface area (Å²) in [4.78, 5) is 0. The minimum absolute atomic E-state index is 0.148. The van der Waals surface area contributed by atoms with E-state index < -0.39 is 11.7 Å². The molecule has 16 heavy (non-hydrogen) atoms. The monoisotopic (exact) mass is 232 g/mol. The molecule has 0 bridgehead atoms. The molecule has 0 aromatic rings. The molecular weight excluding hydrogens is 208 g/mol. The van der Waals surface area contributed by atoms with Crippen LogP contribution in [0.25, 0.3) is 0 Å². The summed E-state index contributed by atoms with van der Waals surface area (Å²) < 4.78 is 10.8. The Bertz CT molecular complexity index is 182. The molecular formula is C12H24O4. The molecule has 1 rings (SSSR count). The van der Waals surface area contributed by atoms with Crippen molar-refractivity contribution in [2.75, 3.05) is 13.2 Å². The van der Waals surface area contributed by atoms with Gasteiger partial charge in [0, 0.05) is 6.61 Å². The Hall–Kier alpha value is -0.160. The molecule has 1 fully saturated rings. The highest BCUT2D eigenvalue weighted by Gasteiger charge is 2.18. The zero-order valence-corrected chi connectivity index (χ0v) is 10.3. The maximum Gasteiger partial charge on any atom is 0.157 e. The molecule has 0 spiro atoms. The number of ether oxygens (including phenoxy) is 2. The molecule has 0 aromatic heterocycles. The van der Waals surface area contributed by atoms with Crippen LogP contribution < -0.4 is 0 Å². The van der Waals surface area contributed by atoms with Gasteiger partial charge in [-0.05, 0) is 46.0 Å². The van der Waals surface area contributed by atoms with Gasteiger partial charge in [0.25, 0.3) is 0 Å². The molecule has 0 amide bonds. The third-order valence-electron chi connectivity index (χ3n) is 2.70. The van der Waals surface area contributed by atoms with Gasteiger partial charge in [0.2, 0.25) is 0 Å². The maximum absolute atomic E-state index is 9.65. The molecule has 4 heteroatoms. The van der Waals surface area contributed by atoms with Crippen LogP contribution in [-0.2, 0) is 9.47 Å². The lowest BCUT2D eigenvalue weighted by atomic mass is 10.0. The van der Waals surface area contributed by atoms with Crippen LogP contribution in [0.5, 0.6) is 0 Å². The van der Waals surface area contributed by atoms with Crippen molar-refractivity contribution >= 4 is 0 Å². The highest BCUT2D eigenvalue weighted by atomic mass is 16.7. The van der Waals surface area contributed by atoms with Crippen LogP contribution in [-0.4, -0.2) is 41.4 Å². The summed E-state index contributed by atoms with van der Waals surface area (Å²) in [5.41, 5.74) is -0.720. The van der Waals surface area contributed by atoms with Gasteiger partial charge < -0.3 is 19.7 Å². The van der Waals surface area contributed by atoms with Crippen molar-refractivity contribution < 1.29 is 19.7 Å². The van der Waals surface area contributed by atoms with E-state index in [1.165, 1.54) is 0 Å². The highest BCUT2D eigenvalue weighted by molar-refractivity contribution is 4.68. The summed E-state index contributed by atoms with van der Waals surface area (Å²) in [6.45, 7) is 4.53. The average Bonchev–Trinajstić information content (AvgIpc) is 2.24. The van der Waals surface area contributed by atoms with E-state index >= 15 is 0 Å². The van der Waals surface area contributed by atoms with Gasteiger partial charge in [0.1, 0.15) is 0 Å². The maximum atomic E-state index is 9.65. The quantitative estimate of drug-likeness (QED) is 0.727. The smallest absolute Gasteiger partial charge is 0.157 e. The molecule has 1 aliphatic rings. The third kappa shape index (κ3) is 6.43. The van der Waals surface area contributed by atoms with E-state index in [1.54, 1.807) is 13.8 Å². The number of rotatable bonds is 6. The Kier molecular flexibility index (Phi) is 5.69. The van der Waals surface area contributed by atoms with Crippen LogP contribution >= 0.6 is 0 Å². The van der Waals surface area contributed by atoms with E-state index in [2.05, 4.69) is 0 Å². The lowest BCUT2D eigenvalue weighted by Crippen LogP contribution is -2.28. The van der Waals surface area contributed by atoms with Gasteiger partial charge >= 0.3 is 0 Å². The van der Waals surface area contributed by atoms with Gasteiger partial charge in [-0.2, -0.15) is 0 Å². The van der Waals surface area contributed by atoms with Gasteiger partial charge in [0.05, 0.1) is 18.3 Å². The SMILES string of the molecule is CC(C)(O)CC[C@H](O)COC1CCCCO1. The fraction of sp³-hybridized carbons (Fsp3) is 1.00. The second kappa shape index (κ2) is 6.55. The predicted molar refractivity (Wildman–Crippen MR) is 61.1 cm³/mol. The fourth-order valence-electron chi connectivity index (χ4n) is 1.66. The number of aliphatic hydroxyl groups is 2. The second-order valence-corrected chi connectivity index (χ2v) is 5.13. The van der Waals surface area contributed by atoms with Crippen LogP contribution in [0.2, 0.25) is 0 Å². The van der Waals surface area contributed by atoms with E-state index in [4.69, 9.17) is 9.47 Å². The number of hydrogen-bond donors (Lipinski definition) is 2.